The van der Waals surface area contributed by atoms with E-state index in [1.807, 2.05) is 0 Å². The van der Waals surface area contributed by atoms with Crippen molar-refractivity contribution in [1.82, 2.24) is 5.32 Å². The third-order valence-corrected chi connectivity index (χ3v) is 5.48. The van der Waals surface area contributed by atoms with Crippen LogP contribution in [0.4, 0.5) is 5.69 Å². The molecule has 0 aliphatic carbocycles. The van der Waals surface area contributed by atoms with E-state index in [1.165, 1.54) is 18.2 Å². The lowest BCUT2D eigenvalue weighted by molar-refractivity contribution is 0.0955. The molecule has 0 saturated carbocycles. The average molecular weight is 387 g/mol. The zero-order valence-corrected chi connectivity index (χ0v) is 15.4. The lowest BCUT2D eigenvalue weighted by Crippen LogP contribution is -2.24. The topological polar surface area (TPSA) is 75.3 Å². The van der Waals surface area contributed by atoms with E-state index < -0.39 is 10.0 Å². The summed E-state index contributed by atoms with van der Waals surface area (Å²) >= 11 is 11.9. The lowest BCUT2D eigenvalue weighted by Gasteiger charge is -2.12. The Kier molecular flexibility index (Phi) is 5.74. The Hall–Kier alpha value is -1.76. The number of amides is 1. The molecule has 1 amide bonds. The van der Waals surface area contributed by atoms with Crippen molar-refractivity contribution in [2.75, 3.05) is 11.3 Å². The van der Waals surface area contributed by atoms with E-state index in [2.05, 4.69) is 10.0 Å². The number of carbonyl (C=O) groups is 1. The fourth-order valence-electron chi connectivity index (χ4n) is 2.05. The molecule has 24 heavy (non-hydrogen) atoms. The molecule has 0 spiro atoms. The van der Waals surface area contributed by atoms with Crippen LogP contribution < -0.4 is 10.0 Å². The van der Waals surface area contributed by atoms with Gasteiger partial charge in [0, 0.05) is 12.1 Å². The second-order valence-corrected chi connectivity index (χ2v) is 7.51. The Morgan fingerprint density at radius 2 is 1.88 bits per heavy atom. The number of carbonyl (C=O) groups excluding carboxylic acids is 1. The molecule has 0 atom stereocenters. The second-order valence-electron chi connectivity index (χ2n) is 5.04. The molecule has 2 aromatic carbocycles. The van der Waals surface area contributed by atoms with Crippen molar-refractivity contribution in [2.24, 2.45) is 0 Å². The van der Waals surface area contributed by atoms with Gasteiger partial charge >= 0.3 is 0 Å². The summed E-state index contributed by atoms with van der Waals surface area (Å²) in [7, 11) is -3.91. The number of hydrogen-bond donors (Lipinski definition) is 2. The molecule has 0 aliphatic rings. The summed E-state index contributed by atoms with van der Waals surface area (Å²) in [5.74, 6) is -0.326. The predicted molar refractivity (Wildman–Crippen MR) is 96.5 cm³/mol. The third-order valence-electron chi connectivity index (χ3n) is 3.30. The second kappa shape index (κ2) is 7.42. The van der Waals surface area contributed by atoms with Gasteiger partial charge in [0.05, 0.1) is 20.6 Å². The van der Waals surface area contributed by atoms with Gasteiger partial charge in [0.2, 0.25) is 0 Å². The first-order valence-electron chi connectivity index (χ1n) is 7.12. The Bertz CT molecular complexity index is 883. The highest BCUT2D eigenvalue weighted by Gasteiger charge is 2.19. The number of benzene rings is 2. The maximum Gasteiger partial charge on any atom is 0.261 e. The largest absolute Gasteiger partial charge is 0.352 e. The highest BCUT2D eigenvalue weighted by atomic mass is 35.5. The Morgan fingerprint density at radius 1 is 1.17 bits per heavy atom. The van der Waals surface area contributed by atoms with Gasteiger partial charge in [0.25, 0.3) is 15.9 Å². The van der Waals surface area contributed by atoms with Crippen molar-refractivity contribution in [3.8, 4) is 0 Å². The number of aryl methyl sites for hydroxylation is 1. The summed E-state index contributed by atoms with van der Waals surface area (Å²) in [4.78, 5) is 12.0. The fourth-order valence-corrected chi connectivity index (χ4v) is 3.56. The summed E-state index contributed by atoms with van der Waals surface area (Å²) in [6.07, 6.45) is 0. The number of hydrogen-bond acceptors (Lipinski definition) is 3. The van der Waals surface area contributed by atoms with Crippen LogP contribution in [0.2, 0.25) is 10.0 Å². The van der Waals surface area contributed by atoms with E-state index in [-0.39, 0.29) is 26.5 Å². The van der Waals surface area contributed by atoms with Crippen LogP contribution in [-0.4, -0.2) is 20.9 Å². The van der Waals surface area contributed by atoms with Gasteiger partial charge in [-0.25, -0.2) is 8.42 Å². The lowest BCUT2D eigenvalue weighted by atomic mass is 10.1. The van der Waals surface area contributed by atoms with E-state index in [9.17, 15) is 13.2 Å². The smallest absolute Gasteiger partial charge is 0.261 e. The number of anilines is 1. The highest BCUT2D eigenvalue weighted by molar-refractivity contribution is 7.92. The first-order valence-corrected chi connectivity index (χ1v) is 9.36. The van der Waals surface area contributed by atoms with Crippen LogP contribution in [0.3, 0.4) is 0 Å². The molecule has 0 aromatic heterocycles. The minimum atomic E-state index is -3.91. The molecule has 2 rings (SSSR count). The van der Waals surface area contributed by atoms with E-state index in [4.69, 9.17) is 23.2 Å². The van der Waals surface area contributed by atoms with Crippen molar-refractivity contribution >= 4 is 44.8 Å². The number of rotatable bonds is 5. The molecule has 0 fully saturated rings. The van der Waals surface area contributed by atoms with Crippen molar-refractivity contribution in [3.05, 3.63) is 57.6 Å². The normalized spacial score (nSPS) is 11.2. The van der Waals surface area contributed by atoms with Gasteiger partial charge in [-0.05, 0) is 43.7 Å². The summed E-state index contributed by atoms with van der Waals surface area (Å²) in [6, 6.07) is 8.99. The predicted octanol–water partition coefficient (Wildman–Crippen LogP) is 3.85. The van der Waals surface area contributed by atoms with E-state index in [1.54, 1.807) is 32.0 Å². The zero-order chi connectivity index (χ0) is 17.9. The first kappa shape index (κ1) is 18.6. The first-order chi connectivity index (χ1) is 11.3. The molecule has 2 aromatic rings. The van der Waals surface area contributed by atoms with Gasteiger partial charge in [0.15, 0.2) is 0 Å². The summed E-state index contributed by atoms with van der Waals surface area (Å²) in [5, 5.41) is 3.00. The minimum Gasteiger partial charge on any atom is -0.352 e. The van der Waals surface area contributed by atoms with Gasteiger partial charge < -0.3 is 5.32 Å². The molecule has 0 saturated heterocycles. The monoisotopic (exact) mass is 386 g/mol. The quantitative estimate of drug-likeness (QED) is 0.818. The van der Waals surface area contributed by atoms with Gasteiger partial charge in [-0.2, -0.15) is 0 Å². The molecule has 0 bridgehead atoms. The van der Waals surface area contributed by atoms with Crippen LogP contribution in [0.25, 0.3) is 0 Å². The van der Waals surface area contributed by atoms with E-state index in [0.29, 0.717) is 17.7 Å². The molecule has 0 aliphatic heterocycles. The molecule has 0 heterocycles. The minimum absolute atomic E-state index is 0.0367. The standard InChI is InChI=1S/C16H16Cl2N2O3S/c1-3-19-16(21)12-9-11(8-7-10(12)2)24(22,23)20-14-6-4-5-13(17)15(14)18/h4-9,20H,3H2,1-2H3,(H,19,21). The maximum atomic E-state index is 12.6. The maximum absolute atomic E-state index is 12.6. The molecule has 5 nitrogen and oxygen atoms in total. The van der Waals surface area contributed by atoms with Gasteiger partial charge in [-0.15, -0.1) is 0 Å². The number of halogens is 2. The SMILES string of the molecule is CCNC(=O)c1cc(S(=O)(=O)Nc2cccc(Cl)c2Cl)ccc1C. The van der Waals surface area contributed by atoms with Crippen molar-refractivity contribution in [1.29, 1.82) is 0 Å². The summed E-state index contributed by atoms with van der Waals surface area (Å²) in [5.41, 5.74) is 1.15. The summed E-state index contributed by atoms with van der Waals surface area (Å²) < 4.78 is 27.5. The molecule has 8 heteroatoms. The Labute approximate surface area is 151 Å². The highest BCUT2D eigenvalue weighted by Crippen LogP contribution is 2.31. The van der Waals surface area contributed by atoms with Crippen LogP contribution in [0.1, 0.15) is 22.8 Å². The van der Waals surface area contributed by atoms with Crippen LogP contribution in [0, 0.1) is 6.92 Å². The van der Waals surface area contributed by atoms with Crippen molar-refractivity contribution < 1.29 is 13.2 Å². The van der Waals surface area contributed by atoms with Gasteiger partial charge in [-0.3, -0.25) is 9.52 Å². The van der Waals surface area contributed by atoms with Gasteiger partial charge in [-0.1, -0.05) is 35.3 Å². The Balaban J connectivity index is 2.41. The molecule has 0 radical (unpaired) electrons. The van der Waals surface area contributed by atoms with Crippen LogP contribution in [0.5, 0.6) is 0 Å². The third kappa shape index (κ3) is 4.01. The van der Waals surface area contributed by atoms with Crippen LogP contribution in [-0.2, 0) is 10.0 Å². The van der Waals surface area contributed by atoms with Crippen molar-refractivity contribution in [3.63, 3.8) is 0 Å². The Morgan fingerprint density at radius 3 is 2.54 bits per heavy atom. The fraction of sp³-hybridized carbons (Fsp3) is 0.188. The van der Waals surface area contributed by atoms with Gasteiger partial charge in [0.1, 0.15) is 0 Å². The van der Waals surface area contributed by atoms with E-state index in [0.717, 1.165) is 0 Å². The molecule has 2 N–H and O–H groups in total. The van der Waals surface area contributed by atoms with E-state index >= 15 is 0 Å². The van der Waals surface area contributed by atoms with Crippen LogP contribution >= 0.6 is 23.2 Å². The molecular weight excluding hydrogens is 371 g/mol. The average Bonchev–Trinajstić information content (AvgIpc) is 2.52. The molecular formula is C16H16Cl2N2O3S. The molecule has 0 unspecified atom stereocenters. The van der Waals surface area contributed by atoms with Crippen molar-refractivity contribution in [2.45, 2.75) is 18.7 Å². The zero-order valence-electron chi connectivity index (χ0n) is 13.1. The number of sulfonamides is 1. The summed E-state index contributed by atoms with van der Waals surface area (Å²) in [6.45, 7) is 3.98. The molecule has 128 valence electrons. The van der Waals surface area contributed by atoms with Crippen LogP contribution in [0.15, 0.2) is 41.3 Å². The number of nitrogens with one attached hydrogen (secondary N) is 2.